The van der Waals surface area contributed by atoms with E-state index in [0.29, 0.717) is 22.7 Å². The number of rotatable bonds is 2. The number of nitrogens with one attached hydrogen (secondary N) is 2. The number of hydrogen-bond acceptors (Lipinski definition) is 4. The zero-order chi connectivity index (χ0) is 16.8. The summed E-state index contributed by atoms with van der Waals surface area (Å²) in [6.07, 6.45) is 1.73. The number of pyridine rings is 1. The van der Waals surface area contributed by atoms with Gasteiger partial charge in [-0.15, -0.1) is 0 Å². The number of nitriles is 1. The molecule has 0 unspecified atom stereocenters. The second kappa shape index (κ2) is 5.06. The zero-order valence-electron chi connectivity index (χ0n) is 13.1. The molecule has 0 saturated heterocycles. The van der Waals surface area contributed by atoms with Gasteiger partial charge in [-0.2, -0.15) is 5.26 Å². The number of halogens is 1. The molecule has 0 atom stereocenters. The van der Waals surface area contributed by atoms with E-state index in [0.717, 1.165) is 16.4 Å². The number of nitrogens with zero attached hydrogens (tertiary/aromatic N) is 4. The van der Waals surface area contributed by atoms with Crippen LogP contribution in [-0.4, -0.2) is 26.6 Å². The van der Waals surface area contributed by atoms with Crippen LogP contribution in [0.1, 0.15) is 5.56 Å². The van der Waals surface area contributed by atoms with Gasteiger partial charge in [-0.3, -0.25) is 0 Å². The third kappa shape index (κ3) is 2.01. The minimum atomic E-state index is -0.447. The van der Waals surface area contributed by atoms with Gasteiger partial charge >= 0.3 is 0 Å². The molecule has 3 heterocycles. The van der Waals surface area contributed by atoms with Crippen molar-refractivity contribution in [3.05, 3.63) is 42.0 Å². The normalized spacial score (nSPS) is 11.1. The van der Waals surface area contributed by atoms with Crippen LogP contribution in [0.15, 0.2) is 30.6 Å². The number of hydrogen-bond donors (Lipinski definition) is 2. The molecule has 0 aliphatic carbocycles. The molecule has 0 saturated carbocycles. The highest BCUT2D eigenvalue weighted by molar-refractivity contribution is 6.07. The molecule has 0 aliphatic rings. The van der Waals surface area contributed by atoms with Gasteiger partial charge in [0, 0.05) is 30.7 Å². The summed E-state index contributed by atoms with van der Waals surface area (Å²) in [5.41, 5.74) is 3.96. The predicted molar refractivity (Wildman–Crippen MR) is 90.0 cm³/mol. The van der Waals surface area contributed by atoms with Crippen molar-refractivity contribution >= 4 is 27.9 Å². The van der Waals surface area contributed by atoms with Crippen molar-refractivity contribution in [3.63, 3.8) is 0 Å². The highest BCUT2D eigenvalue weighted by atomic mass is 19.1. The minimum Gasteiger partial charge on any atom is -0.371 e. The summed E-state index contributed by atoms with van der Waals surface area (Å²) in [6, 6.07) is 8.13. The molecule has 118 valence electrons. The fourth-order valence-corrected chi connectivity index (χ4v) is 2.94. The van der Waals surface area contributed by atoms with Crippen molar-refractivity contribution in [2.24, 2.45) is 7.05 Å². The summed E-state index contributed by atoms with van der Waals surface area (Å²) in [7, 11) is 3.70. The molecule has 4 aromatic rings. The monoisotopic (exact) mass is 320 g/mol. The highest BCUT2D eigenvalue weighted by Crippen LogP contribution is 2.32. The van der Waals surface area contributed by atoms with Crippen molar-refractivity contribution < 1.29 is 4.39 Å². The quantitative estimate of drug-likeness (QED) is 0.594. The number of H-pyrrole nitrogens is 1. The lowest BCUT2D eigenvalue weighted by atomic mass is 10.1. The average molecular weight is 320 g/mol. The van der Waals surface area contributed by atoms with Gasteiger partial charge in [-0.1, -0.05) is 0 Å². The Balaban J connectivity index is 2.03. The van der Waals surface area contributed by atoms with Crippen molar-refractivity contribution in [3.8, 4) is 17.3 Å². The standard InChI is InChI=1S/C17H13FN6/c1-20-17-14-15(24(2)8-21-14)12-6-13(22-16(12)23-17)10-3-9(7-19)4-11(18)5-10/h3-6,8H,1-2H3,(H2,20,22,23). The number of aryl methyl sites for hydroxylation is 1. The molecule has 7 heteroatoms. The molecule has 0 radical (unpaired) electrons. The third-order valence-corrected chi connectivity index (χ3v) is 4.01. The van der Waals surface area contributed by atoms with Gasteiger partial charge < -0.3 is 14.9 Å². The van der Waals surface area contributed by atoms with Gasteiger partial charge in [0.1, 0.15) is 17.0 Å². The van der Waals surface area contributed by atoms with Crippen LogP contribution in [0.2, 0.25) is 0 Å². The summed E-state index contributed by atoms with van der Waals surface area (Å²) < 4.78 is 15.7. The lowest BCUT2D eigenvalue weighted by Gasteiger charge is -2.02. The van der Waals surface area contributed by atoms with E-state index in [1.165, 1.54) is 12.1 Å². The van der Waals surface area contributed by atoms with E-state index in [-0.39, 0.29) is 5.56 Å². The lowest BCUT2D eigenvalue weighted by molar-refractivity contribution is 0.628. The Bertz CT molecular complexity index is 1130. The summed E-state index contributed by atoms with van der Waals surface area (Å²) >= 11 is 0. The topological polar surface area (TPSA) is 82.3 Å². The molecular formula is C17H13FN6. The smallest absolute Gasteiger partial charge is 0.156 e. The van der Waals surface area contributed by atoms with Crippen molar-refractivity contribution in [1.29, 1.82) is 5.26 Å². The van der Waals surface area contributed by atoms with Gasteiger partial charge in [0.2, 0.25) is 0 Å². The average Bonchev–Trinajstić information content (AvgIpc) is 3.17. The second-order valence-electron chi connectivity index (χ2n) is 5.55. The Kier molecular flexibility index (Phi) is 3.00. The zero-order valence-corrected chi connectivity index (χ0v) is 13.1. The van der Waals surface area contributed by atoms with Gasteiger partial charge in [0.05, 0.1) is 23.5 Å². The van der Waals surface area contributed by atoms with Crippen molar-refractivity contribution in [1.82, 2.24) is 19.5 Å². The first-order chi connectivity index (χ1) is 11.6. The summed E-state index contributed by atoms with van der Waals surface area (Å²) in [6.45, 7) is 0. The number of aromatic nitrogens is 4. The fraction of sp³-hybridized carbons (Fsp3) is 0.118. The van der Waals surface area contributed by atoms with Crippen LogP contribution in [0.5, 0.6) is 0 Å². The molecule has 1 aromatic carbocycles. The molecule has 0 amide bonds. The Morgan fingerprint density at radius 1 is 1.29 bits per heavy atom. The van der Waals surface area contributed by atoms with Gasteiger partial charge in [0.15, 0.2) is 5.82 Å². The largest absolute Gasteiger partial charge is 0.371 e. The number of fused-ring (bicyclic) bond motifs is 3. The predicted octanol–water partition coefficient (Wildman–Crippen LogP) is 3.17. The summed E-state index contributed by atoms with van der Waals surface area (Å²) in [4.78, 5) is 12.1. The van der Waals surface area contributed by atoms with E-state index in [1.54, 1.807) is 19.4 Å². The highest BCUT2D eigenvalue weighted by Gasteiger charge is 2.15. The van der Waals surface area contributed by atoms with Crippen LogP contribution in [0.3, 0.4) is 0 Å². The first-order valence-electron chi connectivity index (χ1n) is 7.33. The molecule has 0 fully saturated rings. The molecule has 0 bridgehead atoms. The van der Waals surface area contributed by atoms with Gasteiger partial charge in [-0.25, -0.2) is 14.4 Å². The van der Waals surface area contributed by atoms with E-state index in [9.17, 15) is 4.39 Å². The first kappa shape index (κ1) is 14.2. The van der Waals surface area contributed by atoms with E-state index < -0.39 is 5.82 Å². The Labute approximate surface area is 136 Å². The molecule has 4 rings (SSSR count). The number of imidazole rings is 1. The van der Waals surface area contributed by atoms with Crippen LogP contribution in [0.25, 0.3) is 33.3 Å². The maximum absolute atomic E-state index is 13.7. The molecular weight excluding hydrogens is 307 g/mol. The van der Waals surface area contributed by atoms with E-state index in [2.05, 4.69) is 20.3 Å². The molecule has 3 aromatic heterocycles. The van der Waals surface area contributed by atoms with Crippen LogP contribution in [-0.2, 0) is 7.05 Å². The van der Waals surface area contributed by atoms with Crippen molar-refractivity contribution in [2.75, 3.05) is 12.4 Å². The molecule has 24 heavy (non-hydrogen) atoms. The Morgan fingerprint density at radius 2 is 2.12 bits per heavy atom. The van der Waals surface area contributed by atoms with E-state index >= 15 is 0 Å². The molecule has 2 N–H and O–H groups in total. The molecule has 0 spiro atoms. The first-order valence-corrected chi connectivity index (χ1v) is 7.33. The van der Waals surface area contributed by atoms with Gasteiger partial charge in [-0.05, 0) is 24.3 Å². The van der Waals surface area contributed by atoms with E-state index in [4.69, 9.17) is 5.26 Å². The van der Waals surface area contributed by atoms with Crippen LogP contribution < -0.4 is 5.32 Å². The maximum Gasteiger partial charge on any atom is 0.156 e. The number of benzene rings is 1. The Morgan fingerprint density at radius 3 is 2.88 bits per heavy atom. The van der Waals surface area contributed by atoms with E-state index in [1.807, 2.05) is 23.8 Å². The van der Waals surface area contributed by atoms with Crippen LogP contribution >= 0.6 is 0 Å². The van der Waals surface area contributed by atoms with Crippen LogP contribution in [0.4, 0.5) is 10.2 Å². The maximum atomic E-state index is 13.7. The second-order valence-corrected chi connectivity index (χ2v) is 5.55. The lowest BCUT2D eigenvalue weighted by Crippen LogP contribution is -1.95. The van der Waals surface area contributed by atoms with Crippen molar-refractivity contribution in [2.45, 2.75) is 0 Å². The minimum absolute atomic E-state index is 0.276. The number of aromatic amines is 1. The summed E-state index contributed by atoms with van der Waals surface area (Å²) in [5, 5.41) is 13.0. The Hall–Kier alpha value is -3.40. The van der Waals surface area contributed by atoms with Gasteiger partial charge in [0.25, 0.3) is 0 Å². The fourth-order valence-electron chi connectivity index (χ4n) is 2.94. The third-order valence-electron chi connectivity index (χ3n) is 4.01. The SMILES string of the molecule is CNc1nc2[nH]c(-c3cc(F)cc(C#N)c3)cc2c2c1ncn2C. The van der Waals surface area contributed by atoms with Crippen LogP contribution in [0, 0.1) is 17.1 Å². The number of anilines is 1. The molecule has 0 aliphatic heterocycles. The molecule has 6 nitrogen and oxygen atoms in total. The summed E-state index contributed by atoms with van der Waals surface area (Å²) in [5.74, 6) is 0.223.